The monoisotopic (exact) mass is 249 g/mol. The Morgan fingerprint density at radius 3 is 1.75 bits per heavy atom. The highest BCUT2D eigenvalue weighted by molar-refractivity contribution is 4.99. The van der Waals surface area contributed by atoms with Gasteiger partial charge >= 0.3 is 12.4 Å². The highest BCUT2D eigenvalue weighted by atomic mass is 19.4. The molecule has 0 radical (unpaired) electrons. The predicted octanol–water partition coefficient (Wildman–Crippen LogP) is 3.41. The lowest BCUT2D eigenvalue weighted by molar-refractivity contribution is -0.289. The van der Waals surface area contributed by atoms with Crippen molar-refractivity contribution in [1.29, 1.82) is 0 Å². The SMILES string of the molecule is C=C(CC)CC(N)C(C(F)(F)F)C(F)(F)F. The van der Waals surface area contributed by atoms with Crippen LogP contribution in [0.1, 0.15) is 19.8 Å². The van der Waals surface area contributed by atoms with Gasteiger partial charge in [0.25, 0.3) is 0 Å². The molecule has 0 bridgehead atoms. The molecule has 0 aliphatic rings. The number of halogens is 6. The molecule has 7 heteroatoms. The van der Waals surface area contributed by atoms with Crippen molar-refractivity contribution in [3.63, 3.8) is 0 Å². The van der Waals surface area contributed by atoms with Crippen LogP contribution in [0.25, 0.3) is 0 Å². The quantitative estimate of drug-likeness (QED) is 0.599. The van der Waals surface area contributed by atoms with Gasteiger partial charge in [-0.15, -0.1) is 0 Å². The lowest BCUT2D eigenvalue weighted by atomic mass is 9.93. The van der Waals surface area contributed by atoms with Gasteiger partial charge in [-0.1, -0.05) is 19.1 Å². The second kappa shape index (κ2) is 5.07. The lowest BCUT2D eigenvalue weighted by Gasteiger charge is -2.28. The van der Waals surface area contributed by atoms with Crippen molar-refractivity contribution in [2.75, 3.05) is 0 Å². The van der Waals surface area contributed by atoms with Crippen LogP contribution in [0, 0.1) is 5.92 Å². The van der Waals surface area contributed by atoms with Crippen LogP contribution in [0.3, 0.4) is 0 Å². The fourth-order valence-corrected chi connectivity index (χ4v) is 1.27. The first-order valence-electron chi connectivity index (χ1n) is 4.55. The largest absolute Gasteiger partial charge is 0.402 e. The van der Waals surface area contributed by atoms with E-state index in [-0.39, 0.29) is 5.57 Å². The Hall–Kier alpha value is -0.720. The van der Waals surface area contributed by atoms with Gasteiger partial charge in [-0.2, -0.15) is 26.3 Å². The normalized spacial score (nSPS) is 15.3. The summed E-state index contributed by atoms with van der Waals surface area (Å²) in [5, 5.41) is 0. The summed E-state index contributed by atoms with van der Waals surface area (Å²) in [6.45, 7) is 4.93. The summed E-state index contributed by atoms with van der Waals surface area (Å²) in [5.74, 6) is -3.50. The minimum absolute atomic E-state index is 0.269. The van der Waals surface area contributed by atoms with E-state index in [2.05, 4.69) is 6.58 Å². The maximum Gasteiger partial charge on any atom is 0.402 e. The van der Waals surface area contributed by atoms with Crippen LogP contribution in [-0.4, -0.2) is 18.4 Å². The van der Waals surface area contributed by atoms with E-state index in [9.17, 15) is 26.3 Å². The molecule has 1 nitrogen and oxygen atoms in total. The zero-order valence-corrected chi connectivity index (χ0v) is 8.62. The van der Waals surface area contributed by atoms with E-state index in [4.69, 9.17) is 5.73 Å². The van der Waals surface area contributed by atoms with Crippen LogP contribution in [0.2, 0.25) is 0 Å². The Bertz CT molecular complexity index is 227. The van der Waals surface area contributed by atoms with Crippen LogP contribution in [0.5, 0.6) is 0 Å². The first-order chi connectivity index (χ1) is 7.00. The van der Waals surface area contributed by atoms with Crippen molar-refractivity contribution >= 4 is 0 Å². The van der Waals surface area contributed by atoms with Gasteiger partial charge in [0.05, 0.1) is 0 Å². The average molecular weight is 249 g/mol. The molecule has 0 heterocycles. The smallest absolute Gasteiger partial charge is 0.327 e. The van der Waals surface area contributed by atoms with Gasteiger partial charge < -0.3 is 5.73 Å². The second-order valence-corrected chi connectivity index (χ2v) is 3.53. The third-order valence-electron chi connectivity index (χ3n) is 2.16. The number of nitrogens with two attached hydrogens (primary N) is 1. The van der Waals surface area contributed by atoms with Gasteiger partial charge in [0.1, 0.15) is 0 Å². The van der Waals surface area contributed by atoms with Crippen LogP contribution in [-0.2, 0) is 0 Å². The van der Waals surface area contributed by atoms with Gasteiger partial charge in [-0.25, -0.2) is 0 Å². The molecule has 2 N–H and O–H groups in total. The van der Waals surface area contributed by atoms with E-state index in [1.165, 1.54) is 0 Å². The van der Waals surface area contributed by atoms with Crippen LogP contribution in [0.4, 0.5) is 26.3 Å². The molecular weight excluding hydrogens is 236 g/mol. The number of rotatable bonds is 4. The number of hydrogen-bond donors (Lipinski definition) is 1. The number of hydrogen-bond acceptors (Lipinski definition) is 1. The summed E-state index contributed by atoms with van der Waals surface area (Å²) in [6.07, 6.45) is -11.0. The summed E-state index contributed by atoms with van der Waals surface area (Å²) >= 11 is 0. The summed E-state index contributed by atoms with van der Waals surface area (Å²) in [6, 6.07) is -2.03. The molecule has 0 aliphatic heterocycles. The van der Waals surface area contributed by atoms with Crippen molar-refractivity contribution < 1.29 is 26.3 Å². The first kappa shape index (κ1) is 15.3. The first-order valence-corrected chi connectivity index (χ1v) is 4.55. The fraction of sp³-hybridized carbons (Fsp3) is 0.778. The van der Waals surface area contributed by atoms with Gasteiger partial charge in [0, 0.05) is 6.04 Å². The Morgan fingerprint density at radius 2 is 1.50 bits per heavy atom. The molecule has 96 valence electrons. The summed E-state index contributed by atoms with van der Waals surface area (Å²) < 4.78 is 73.1. The van der Waals surface area contributed by atoms with Crippen molar-refractivity contribution in [2.24, 2.45) is 11.7 Å². The van der Waals surface area contributed by atoms with Crippen molar-refractivity contribution in [3.8, 4) is 0 Å². The second-order valence-electron chi connectivity index (χ2n) is 3.53. The van der Waals surface area contributed by atoms with E-state index < -0.39 is 30.7 Å². The Balaban J connectivity index is 4.86. The van der Waals surface area contributed by atoms with E-state index in [0.717, 1.165) is 0 Å². The van der Waals surface area contributed by atoms with E-state index in [0.29, 0.717) is 6.42 Å². The summed E-state index contributed by atoms with van der Waals surface area (Å²) in [4.78, 5) is 0. The molecule has 0 aromatic heterocycles. The Morgan fingerprint density at radius 1 is 1.12 bits per heavy atom. The lowest BCUT2D eigenvalue weighted by Crippen LogP contribution is -2.48. The Labute approximate surface area is 89.3 Å². The standard InChI is InChI=1S/C9H13F6N/c1-3-5(2)4-6(16)7(8(10,11)12)9(13,14)15/h6-7H,2-4,16H2,1H3. The molecule has 0 saturated heterocycles. The third-order valence-corrected chi connectivity index (χ3v) is 2.16. The minimum atomic E-state index is -5.38. The summed E-state index contributed by atoms with van der Waals surface area (Å²) in [5.41, 5.74) is 5.24. The molecule has 1 atom stereocenters. The van der Waals surface area contributed by atoms with Crippen LogP contribution in [0.15, 0.2) is 12.2 Å². The van der Waals surface area contributed by atoms with Crippen molar-refractivity contribution in [2.45, 2.75) is 38.2 Å². The van der Waals surface area contributed by atoms with Crippen molar-refractivity contribution in [3.05, 3.63) is 12.2 Å². The molecule has 0 saturated carbocycles. The topological polar surface area (TPSA) is 26.0 Å². The molecule has 0 amide bonds. The highest BCUT2D eigenvalue weighted by Crippen LogP contribution is 2.42. The van der Waals surface area contributed by atoms with Gasteiger partial charge in [-0.05, 0) is 12.8 Å². The van der Waals surface area contributed by atoms with E-state index >= 15 is 0 Å². The molecule has 0 aromatic rings. The third kappa shape index (κ3) is 4.42. The van der Waals surface area contributed by atoms with Crippen LogP contribution < -0.4 is 5.73 Å². The zero-order valence-electron chi connectivity index (χ0n) is 8.62. The van der Waals surface area contributed by atoms with Crippen molar-refractivity contribution in [1.82, 2.24) is 0 Å². The maximum absolute atomic E-state index is 12.2. The molecule has 0 fully saturated rings. The fourth-order valence-electron chi connectivity index (χ4n) is 1.27. The van der Waals surface area contributed by atoms with Crippen LogP contribution >= 0.6 is 0 Å². The number of alkyl halides is 6. The molecule has 1 unspecified atom stereocenters. The highest BCUT2D eigenvalue weighted by Gasteiger charge is 2.59. The molecule has 0 spiro atoms. The molecule has 0 aromatic carbocycles. The average Bonchev–Trinajstić information content (AvgIpc) is 1.97. The zero-order chi connectivity index (χ0) is 13.1. The summed E-state index contributed by atoms with van der Waals surface area (Å²) in [7, 11) is 0. The van der Waals surface area contributed by atoms with E-state index in [1.54, 1.807) is 6.92 Å². The Kier molecular flexibility index (Phi) is 4.85. The van der Waals surface area contributed by atoms with Gasteiger partial charge in [0.2, 0.25) is 0 Å². The van der Waals surface area contributed by atoms with Gasteiger partial charge in [-0.3, -0.25) is 0 Å². The molecule has 16 heavy (non-hydrogen) atoms. The van der Waals surface area contributed by atoms with Gasteiger partial charge in [0.15, 0.2) is 5.92 Å². The molecule has 0 rings (SSSR count). The predicted molar refractivity (Wildman–Crippen MR) is 47.6 cm³/mol. The molecular formula is C9H13F6N. The van der Waals surface area contributed by atoms with E-state index in [1.807, 2.05) is 0 Å². The minimum Gasteiger partial charge on any atom is -0.327 e. The molecule has 0 aliphatic carbocycles. The maximum atomic E-state index is 12.2.